The van der Waals surface area contributed by atoms with Crippen molar-refractivity contribution in [3.63, 3.8) is 0 Å². The van der Waals surface area contributed by atoms with Crippen molar-refractivity contribution in [1.82, 2.24) is 5.32 Å². The summed E-state index contributed by atoms with van der Waals surface area (Å²) < 4.78 is 5.05. The summed E-state index contributed by atoms with van der Waals surface area (Å²) in [5.74, 6) is -0.212. The molecule has 0 spiro atoms. The Morgan fingerprint density at radius 3 is 3.00 bits per heavy atom. The molecular weight excluding hydrogens is 180 g/mol. The summed E-state index contributed by atoms with van der Waals surface area (Å²) in [7, 11) is 0. The van der Waals surface area contributed by atoms with Gasteiger partial charge in [0.1, 0.15) is 6.04 Å². The quantitative estimate of drug-likeness (QED) is 0.537. The Balaban J connectivity index is 2.22. The predicted octanol–water partition coefficient (Wildman–Crippen LogP) is 0.974. The Kier molecular flexibility index (Phi) is 4.41. The van der Waals surface area contributed by atoms with Gasteiger partial charge in [-0.2, -0.15) is 5.26 Å². The van der Waals surface area contributed by atoms with Crippen molar-refractivity contribution in [2.75, 3.05) is 6.61 Å². The van der Waals surface area contributed by atoms with Gasteiger partial charge in [-0.3, -0.25) is 10.1 Å². The van der Waals surface area contributed by atoms with E-state index in [9.17, 15) is 4.79 Å². The number of hydrogen-bond donors (Lipinski definition) is 1. The highest BCUT2D eigenvalue weighted by molar-refractivity contribution is 5.76. The van der Waals surface area contributed by atoms with Crippen molar-refractivity contribution in [2.45, 2.75) is 44.7 Å². The maximum atomic E-state index is 11.4. The molecule has 0 unspecified atom stereocenters. The fraction of sp³-hybridized carbons (Fsp3) is 0.800. The largest absolute Gasteiger partial charge is 0.465 e. The minimum absolute atomic E-state index is 0.182. The zero-order chi connectivity index (χ0) is 10.4. The van der Waals surface area contributed by atoms with Gasteiger partial charge in [-0.15, -0.1) is 0 Å². The summed E-state index contributed by atoms with van der Waals surface area (Å²) in [5, 5.41) is 11.5. The molecule has 78 valence electrons. The molecule has 0 aromatic heterocycles. The van der Waals surface area contributed by atoms with Crippen molar-refractivity contribution in [1.29, 1.82) is 5.26 Å². The van der Waals surface area contributed by atoms with E-state index in [0.29, 0.717) is 13.0 Å². The number of rotatable bonds is 4. The van der Waals surface area contributed by atoms with Crippen LogP contribution in [0.25, 0.3) is 0 Å². The van der Waals surface area contributed by atoms with Crippen LogP contribution in [-0.2, 0) is 9.53 Å². The summed E-state index contributed by atoms with van der Waals surface area (Å²) in [6.07, 6.45) is 3.37. The third-order valence-corrected chi connectivity index (χ3v) is 2.33. The van der Waals surface area contributed by atoms with Gasteiger partial charge in [-0.05, 0) is 19.3 Å². The van der Waals surface area contributed by atoms with E-state index in [4.69, 9.17) is 10.00 Å². The van der Waals surface area contributed by atoms with Gasteiger partial charge in [0.25, 0.3) is 0 Å². The van der Waals surface area contributed by atoms with Gasteiger partial charge >= 0.3 is 5.97 Å². The van der Waals surface area contributed by atoms with Gasteiger partial charge < -0.3 is 4.74 Å². The third-order valence-electron chi connectivity index (χ3n) is 2.33. The van der Waals surface area contributed by atoms with E-state index in [-0.39, 0.29) is 18.1 Å². The van der Waals surface area contributed by atoms with E-state index in [0.717, 1.165) is 19.3 Å². The Morgan fingerprint density at radius 2 is 2.43 bits per heavy atom. The second-order valence-corrected chi connectivity index (χ2v) is 3.50. The van der Waals surface area contributed by atoms with Crippen molar-refractivity contribution >= 4 is 5.97 Å². The molecule has 1 rings (SSSR count). The summed E-state index contributed by atoms with van der Waals surface area (Å²) in [6.45, 7) is 2.54. The van der Waals surface area contributed by atoms with Gasteiger partial charge in [-0.25, -0.2) is 0 Å². The first kappa shape index (κ1) is 11.0. The van der Waals surface area contributed by atoms with Crippen LogP contribution in [0.4, 0.5) is 0 Å². The van der Waals surface area contributed by atoms with Gasteiger partial charge in [0, 0.05) is 0 Å². The number of unbranched alkanes of at least 4 members (excludes halogenated alkanes) is 1. The number of carbonyl (C=O) groups excluding carboxylic acids is 1. The third kappa shape index (κ3) is 3.00. The topological polar surface area (TPSA) is 62.1 Å². The van der Waals surface area contributed by atoms with E-state index < -0.39 is 0 Å². The molecule has 0 aromatic carbocycles. The van der Waals surface area contributed by atoms with Gasteiger partial charge in [0.15, 0.2) is 0 Å². The second-order valence-electron chi connectivity index (χ2n) is 3.50. The minimum Gasteiger partial charge on any atom is -0.465 e. The summed E-state index contributed by atoms with van der Waals surface area (Å²) in [6, 6.07) is 1.65. The van der Waals surface area contributed by atoms with Crippen LogP contribution in [0.2, 0.25) is 0 Å². The van der Waals surface area contributed by atoms with Crippen molar-refractivity contribution in [3.8, 4) is 6.07 Å². The first-order chi connectivity index (χ1) is 6.77. The van der Waals surface area contributed by atoms with Crippen LogP contribution in [0.1, 0.15) is 32.6 Å². The average Bonchev–Trinajstić information content (AvgIpc) is 2.66. The van der Waals surface area contributed by atoms with Gasteiger partial charge in [0.2, 0.25) is 0 Å². The minimum atomic E-state index is -0.267. The molecule has 0 amide bonds. The number of esters is 1. The summed E-state index contributed by atoms with van der Waals surface area (Å²) in [4.78, 5) is 11.4. The van der Waals surface area contributed by atoms with Crippen LogP contribution in [0.3, 0.4) is 0 Å². The average molecular weight is 196 g/mol. The molecule has 1 heterocycles. The summed E-state index contributed by atoms with van der Waals surface area (Å²) in [5.41, 5.74) is 0. The molecule has 4 nitrogen and oxygen atoms in total. The van der Waals surface area contributed by atoms with E-state index in [1.807, 2.05) is 6.92 Å². The lowest BCUT2D eigenvalue weighted by Crippen LogP contribution is -2.36. The maximum absolute atomic E-state index is 11.4. The van der Waals surface area contributed by atoms with E-state index in [2.05, 4.69) is 11.4 Å². The molecule has 1 N–H and O–H groups in total. The Labute approximate surface area is 84.2 Å². The molecule has 1 aliphatic heterocycles. The molecule has 1 aliphatic rings. The highest BCUT2D eigenvalue weighted by Gasteiger charge is 2.29. The van der Waals surface area contributed by atoms with Gasteiger partial charge in [0.05, 0.1) is 18.7 Å². The molecule has 4 heteroatoms. The number of nitriles is 1. The fourth-order valence-corrected chi connectivity index (χ4v) is 1.45. The predicted molar refractivity (Wildman–Crippen MR) is 51.4 cm³/mol. The lowest BCUT2D eigenvalue weighted by Gasteiger charge is -2.10. The molecule has 14 heavy (non-hydrogen) atoms. The molecule has 0 aromatic rings. The molecule has 0 radical (unpaired) electrons. The second kappa shape index (κ2) is 5.61. The van der Waals surface area contributed by atoms with Crippen LogP contribution in [-0.4, -0.2) is 24.7 Å². The van der Waals surface area contributed by atoms with Crippen molar-refractivity contribution in [3.05, 3.63) is 0 Å². The van der Waals surface area contributed by atoms with Crippen LogP contribution in [0.15, 0.2) is 0 Å². The number of nitrogens with one attached hydrogen (secondary N) is 1. The van der Waals surface area contributed by atoms with Crippen molar-refractivity contribution < 1.29 is 9.53 Å². The van der Waals surface area contributed by atoms with Crippen LogP contribution >= 0.6 is 0 Å². The fourth-order valence-electron chi connectivity index (χ4n) is 1.45. The zero-order valence-electron chi connectivity index (χ0n) is 8.45. The Hall–Kier alpha value is -1.08. The van der Waals surface area contributed by atoms with Crippen LogP contribution in [0.5, 0.6) is 0 Å². The van der Waals surface area contributed by atoms with Crippen LogP contribution < -0.4 is 5.32 Å². The molecule has 2 atom stereocenters. The molecule has 1 saturated heterocycles. The van der Waals surface area contributed by atoms with Crippen LogP contribution in [0, 0.1) is 11.3 Å². The zero-order valence-corrected chi connectivity index (χ0v) is 8.45. The lowest BCUT2D eigenvalue weighted by molar-refractivity contribution is -0.145. The SMILES string of the molecule is CCCCOC(=O)[C@H]1CC[C@H](C#N)N1. The molecule has 0 bridgehead atoms. The van der Waals surface area contributed by atoms with Crippen molar-refractivity contribution in [2.24, 2.45) is 0 Å². The standard InChI is InChI=1S/C10H16N2O2/c1-2-3-6-14-10(13)9-5-4-8(7-11)12-9/h8-9,12H,2-6H2,1H3/t8-,9-/m1/s1. The number of carbonyl (C=O) groups is 1. The number of nitrogens with zero attached hydrogens (tertiary/aromatic N) is 1. The Bertz CT molecular complexity index is 235. The highest BCUT2D eigenvalue weighted by Crippen LogP contribution is 2.12. The number of ether oxygens (including phenoxy) is 1. The summed E-state index contributed by atoms with van der Waals surface area (Å²) >= 11 is 0. The van der Waals surface area contributed by atoms with Gasteiger partial charge in [-0.1, -0.05) is 13.3 Å². The smallest absolute Gasteiger partial charge is 0.323 e. The maximum Gasteiger partial charge on any atom is 0.323 e. The molecular formula is C10H16N2O2. The number of hydrogen-bond acceptors (Lipinski definition) is 4. The van der Waals surface area contributed by atoms with E-state index in [1.54, 1.807) is 0 Å². The highest BCUT2D eigenvalue weighted by atomic mass is 16.5. The van der Waals surface area contributed by atoms with E-state index in [1.165, 1.54) is 0 Å². The normalized spacial score (nSPS) is 25.7. The Morgan fingerprint density at radius 1 is 1.64 bits per heavy atom. The first-order valence-corrected chi connectivity index (χ1v) is 5.10. The van der Waals surface area contributed by atoms with E-state index >= 15 is 0 Å². The first-order valence-electron chi connectivity index (χ1n) is 5.10. The molecule has 1 fully saturated rings. The molecule has 0 aliphatic carbocycles. The lowest BCUT2D eigenvalue weighted by atomic mass is 10.2. The molecule has 0 saturated carbocycles. The monoisotopic (exact) mass is 196 g/mol.